The Hall–Kier alpha value is -3.00. The van der Waals surface area contributed by atoms with Crippen LogP contribution in [0.4, 0.5) is 10.7 Å². The second kappa shape index (κ2) is 15.9. The van der Waals surface area contributed by atoms with E-state index in [4.69, 9.17) is 4.74 Å². The summed E-state index contributed by atoms with van der Waals surface area (Å²) in [5.41, 5.74) is 2.41. The highest BCUT2D eigenvalue weighted by molar-refractivity contribution is 7.14. The van der Waals surface area contributed by atoms with Crippen molar-refractivity contribution in [1.29, 1.82) is 0 Å². The van der Waals surface area contributed by atoms with Gasteiger partial charge in [0.15, 0.2) is 5.88 Å². The molecule has 0 aromatic carbocycles. The summed E-state index contributed by atoms with van der Waals surface area (Å²) in [5.74, 6) is -0.158. The molecule has 2 rings (SSSR count). The molecular formula is C28H40N4O3S. The molecule has 0 spiro atoms. The number of carbonyl (C=O) groups excluding carboxylic acids is 2. The van der Waals surface area contributed by atoms with Gasteiger partial charge in [-0.3, -0.25) is 19.9 Å². The number of rotatable bonds is 15. The number of thiophene rings is 1. The summed E-state index contributed by atoms with van der Waals surface area (Å²) in [4.78, 5) is 35.0. The first kappa shape index (κ1) is 29.2. The van der Waals surface area contributed by atoms with Crippen LogP contribution < -0.4 is 10.6 Å². The molecule has 0 aliphatic carbocycles. The van der Waals surface area contributed by atoms with Crippen molar-refractivity contribution in [3.63, 3.8) is 0 Å². The molecule has 36 heavy (non-hydrogen) atoms. The normalized spacial score (nSPS) is 12.8. The van der Waals surface area contributed by atoms with Crippen molar-refractivity contribution in [2.24, 2.45) is 4.99 Å². The molecule has 0 saturated heterocycles. The molecule has 2 amide bonds. The average molecular weight is 513 g/mol. The van der Waals surface area contributed by atoms with Crippen molar-refractivity contribution in [3.8, 4) is 0 Å². The number of hydrogen-bond donors (Lipinski definition) is 2. The van der Waals surface area contributed by atoms with E-state index in [9.17, 15) is 9.59 Å². The van der Waals surface area contributed by atoms with Crippen molar-refractivity contribution in [2.45, 2.75) is 92.1 Å². The van der Waals surface area contributed by atoms with Crippen LogP contribution in [0.15, 0.2) is 46.9 Å². The number of hydrogen-bond acceptors (Lipinski definition) is 6. The molecule has 0 fully saturated rings. The Balaban J connectivity index is 2.17. The molecule has 0 saturated carbocycles. The minimum absolute atomic E-state index is 0.0680. The Kier molecular flexibility index (Phi) is 12.9. The predicted octanol–water partition coefficient (Wildman–Crippen LogP) is 7.32. The number of carbonyl (C=O) groups is 2. The first-order chi connectivity index (χ1) is 17.4. The first-order valence-corrected chi connectivity index (χ1v) is 13.9. The Morgan fingerprint density at radius 2 is 1.94 bits per heavy atom. The van der Waals surface area contributed by atoms with E-state index in [2.05, 4.69) is 34.5 Å². The van der Waals surface area contributed by atoms with Gasteiger partial charge in [0.25, 0.3) is 11.8 Å². The fraction of sp³-hybridized carbons (Fsp3) is 0.500. The first-order valence-electron chi connectivity index (χ1n) is 13.0. The zero-order chi connectivity index (χ0) is 26.3. The molecule has 1 unspecified atom stereocenters. The molecule has 0 radical (unpaired) electrons. The Bertz CT molecular complexity index is 1040. The summed E-state index contributed by atoms with van der Waals surface area (Å²) >= 11 is 1.30. The van der Waals surface area contributed by atoms with E-state index in [1.807, 2.05) is 32.9 Å². The zero-order valence-corrected chi connectivity index (χ0v) is 23.0. The molecule has 0 aliphatic heterocycles. The topological polar surface area (TPSA) is 92.7 Å². The van der Waals surface area contributed by atoms with Gasteiger partial charge in [0.2, 0.25) is 0 Å². The molecule has 2 heterocycles. The van der Waals surface area contributed by atoms with Crippen LogP contribution in [-0.4, -0.2) is 28.6 Å². The lowest BCUT2D eigenvalue weighted by atomic mass is 10.1. The summed E-state index contributed by atoms with van der Waals surface area (Å²) < 4.78 is 6.19. The highest BCUT2D eigenvalue weighted by atomic mass is 32.1. The Labute approximate surface area is 219 Å². The van der Waals surface area contributed by atoms with Gasteiger partial charge in [-0.05, 0) is 61.8 Å². The zero-order valence-electron chi connectivity index (χ0n) is 22.2. The van der Waals surface area contributed by atoms with Gasteiger partial charge in [-0.1, -0.05) is 53.4 Å². The molecule has 0 bridgehead atoms. The fourth-order valence-electron chi connectivity index (χ4n) is 3.62. The van der Waals surface area contributed by atoms with Crippen molar-refractivity contribution >= 4 is 39.6 Å². The lowest BCUT2D eigenvalue weighted by molar-refractivity contribution is -0.110. The van der Waals surface area contributed by atoms with Crippen molar-refractivity contribution in [1.82, 2.24) is 10.3 Å². The van der Waals surface area contributed by atoms with E-state index in [0.29, 0.717) is 34.3 Å². The van der Waals surface area contributed by atoms with Crippen LogP contribution in [0.3, 0.4) is 0 Å². The maximum atomic E-state index is 13.2. The number of amides is 2. The fourth-order valence-corrected chi connectivity index (χ4v) is 4.40. The van der Waals surface area contributed by atoms with Crippen LogP contribution in [0.25, 0.3) is 0 Å². The van der Waals surface area contributed by atoms with Gasteiger partial charge in [0, 0.05) is 6.20 Å². The summed E-state index contributed by atoms with van der Waals surface area (Å²) in [6, 6.07) is 3.57. The quantitative estimate of drug-likeness (QED) is 0.193. The summed E-state index contributed by atoms with van der Waals surface area (Å²) in [6.45, 7) is 10.2. The molecule has 8 heteroatoms. The van der Waals surface area contributed by atoms with Crippen LogP contribution >= 0.6 is 11.3 Å². The minimum atomic E-state index is -0.320. The predicted molar refractivity (Wildman–Crippen MR) is 149 cm³/mol. The number of aliphatic imine (C=N–C) groups is 1. The molecular weight excluding hydrogens is 472 g/mol. The number of nitrogens with one attached hydrogen (secondary N) is 2. The summed E-state index contributed by atoms with van der Waals surface area (Å²) in [7, 11) is 0. The van der Waals surface area contributed by atoms with Gasteiger partial charge < -0.3 is 10.1 Å². The minimum Gasteiger partial charge on any atom is -0.476 e. The van der Waals surface area contributed by atoms with Gasteiger partial charge in [0.1, 0.15) is 16.8 Å². The van der Waals surface area contributed by atoms with Crippen molar-refractivity contribution in [2.75, 3.05) is 5.32 Å². The molecule has 7 nitrogen and oxygen atoms in total. The third-order valence-corrected chi connectivity index (χ3v) is 6.39. The molecule has 0 aliphatic rings. The van der Waals surface area contributed by atoms with Crippen LogP contribution in [-0.2, 0) is 9.53 Å². The lowest BCUT2D eigenvalue weighted by Gasteiger charge is -2.21. The van der Waals surface area contributed by atoms with Gasteiger partial charge >= 0.3 is 0 Å². The van der Waals surface area contributed by atoms with Crippen LogP contribution in [0, 0.1) is 6.92 Å². The third-order valence-electron chi connectivity index (χ3n) is 5.56. The number of allylic oxidation sites excluding steroid dienone is 1. The van der Waals surface area contributed by atoms with E-state index in [1.165, 1.54) is 11.3 Å². The van der Waals surface area contributed by atoms with Crippen LogP contribution in [0.1, 0.15) is 95.0 Å². The number of aromatic nitrogens is 1. The van der Waals surface area contributed by atoms with Gasteiger partial charge in [0.05, 0.1) is 17.4 Å². The lowest BCUT2D eigenvalue weighted by Crippen LogP contribution is -2.29. The standard InChI is InChI=1S/C28H40N4O3S/c1-6-10-14-21(11-7-2)35-25(13-9-4)31-26(33)22-16-18-36-28(22)32-27(34)23(12-8-3)30-24-19-29-17-15-20(24)5/h13,15-19,21H,6-12,14H2,1-5H3,(H,31,33)(H,32,34). The molecule has 2 aromatic rings. The summed E-state index contributed by atoms with van der Waals surface area (Å²) in [5, 5.41) is 8.09. The number of pyridine rings is 1. The number of aryl methyl sites for hydroxylation is 1. The van der Waals surface area contributed by atoms with Gasteiger partial charge in [-0.2, -0.15) is 0 Å². The van der Waals surface area contributed by atoms with Crippen LogP contribution in [0.5, 0.6) is 0 Å². The van der Waals surface area contributed by atoms with E-state index < -0.39 is 0 Å². The van der Waals surface area contributed by atoms with Crippen LogP contribution in [0.2, 0.25) is 0 Å². The number of anilines is 1. The number of unbranched alkanes of at least 4 members (excludes halogenated alkanes) is 1. The van der Waals surface area contributed by atoms with E-state index in [0.717, 1.165) is 50.5 Å². The third kappa shape index (κ3) is 9.22. The molecule has 2 N–H and O–H groups in total. The second-order valence-electron chi connectivity index (χ2n) is 8.69. The number of nitrogens with zero attached hydrogens (tertiary/aromatic N) is 2. The van der Waals surface area contributed by atoms with Crippen molar-refractivity contribution in [3.05, 3.63) is 53.0 Å². The molecule has 196 valence electrons. The smallest absolute Gasteiger partial charge is 0.270 e. The summed E-state index contributed by atoms with van der Waals surface area (Å²) in [6.07, 6.45) is 12.4. The van der Waals surface area contributed by atoms with E-state index >= 15 is 0 Å². The van der Waals surface area contributed by atoms with E-state index in [1.54, 1.807) is 23.8 Å². The maximum Gasteiger partial charge on any atom is 0.270 e. The second-order valence-corrected chi connectivity index (χ2v) is 9.61. The van der Waals surface area contributed by atoms with Crippen molar-refractivity contribution < 1.29 is 14.3 Å². The maximum absolute atomic E-state index is 13.2. The number of ether oxygens (including phenoxy) is 1. The average Bonchev–Trinajstić information content (AvgIpc) is 3.32. The highest BCUT2D eigenvalue weighted by Crippen LogP contribution is 2.25. The van der Waals surface area contributed by atoms with Gasteiger partial charge in [-0.15, -0.1) is 11.3 Å². The molecule has 2 aromatic heterocycles. The SMILES string of the molecule is CCC=C(NC(=O)c1ccsc1NC(=O)C(CCC)=Nc1cnccc1C)OC(CCC)CCCC. The van der Waals surface area contributed by atoms with E-state index in [-0.39, 0.29) is 17.9 Å². The monoisotopic (exact) mass is 512 g/mol. The Morgan fingerprint density at radius 3 is 2.61 bits per heavy atom. The Morgan fingerprint density at radius 1 is 1.14 bits per heavy atom. The highest BCUT2D eigenvalue weighted by Gasteiger charge is 2.20. The largest absolute Gasteiger partial charge is 0.476 e. The molecule has 1 atom stereocenters. The van der Waals surface area contributed by atoms with Gasteiger partial charge in [-0.25, -0.2) is 4.99 Å².